The SMILES string of the molecule is Cc1nsc(NC(CC(=O)O)C(C)C)n1. The Morgan fingerprint density at radius 1 is 1.60 bits per heavy atom. The minimum absolute atomic E-state index is 0.0935. The van der Waals surface area contributed by atoms with Crippen LogP contribution in [-0.2, 0) is 4.79 Å². The first-order valence-corrected chi connectivity index (χ1v) is 5.55. The van der Waals surface area contributed by atoms with Crippen molar-refractivity contribution in [1.29, 1.82) is 0 Å². The molecule has 0 radical (unpaired) electrons. The number of rotatable bonds is 5. The van der Waals surface area contributed by atoms with Crippen LogP contribution in [0.3, 0.4) is 0 Å². The fourth-order valence-corrected chi connectivity index (χ4v) is 1.79. The van der Waals surface area contributed by atoms with E-state index in [1.54, 1.807) is 0 Å². The van der Waals surface area contributed by atoms with Gasteiger partial charge >= 0.3 is 5.97 Å². The molecule has 0 saturated carbocycles. The standard InChI is InChI=1S/C9H15N3O2S/c1-5(2)7(4-8(13)14)11-9-10-6(3)12-15-9/h5,7H,4H2,1-3H3,(H,13,14)(H,10,11,12). The second kappa shape index (κ2) is 5.06. The molecule has 6 heteroatoms. The van der Waals surface area contributed by atoms with Crippen LogP contribution < -0.4 is 5.32 Å². The molecule has 0 amide bonds. The molecule has 0 aliphatic carbocycles. The van der Waals surface area contributed by atoms with Gasteiger partial charge in [-0.1, -0.05) is 13.8 Å². The summed E-state index contributed by atoms with van der Waals surface area (Å²) >= 11 is 1.26. The summed E-state index contributed by atoms with van der Waals surface area (Å²) in [6.07, 6.45) is 0.0935. The summed E-state index contributed by atoms with van der Waals surface area (Å²) in [5.74, 6) is 0.146. The van der Waals surface area contributed by atoms with Gasteiger partial charge in [0.05, 0.1) is 6.42 Å². The van der Waals surface area contributed by atoms with Gasteiger partial charge in [-0.15, -0.1) is 0 Å². The summed E-state index contributed by atoms with van der Waals surface area (Å²) in [4.78, 5) is 14.8. The molecule has 15 heavy (non-hydrogen) atoms. The maximum Gasteiger partial charge on any atom is 0.305 e. The predicted molar refractivity (Wildman–Crippen MR) is 59.1 cm³/mol. The Hall–Kier alpha value is -1.17. The number of aromatic nitrogens is 2. The lowest BCUT2D eigenvalue weighted by Gasteiger charge is -2.19. The third kappa shape index (κ3) is 3.83. The van der Waals surface area contributed by atoms with Crippen LogP contribution in [0.25, 0.3) is 0 Å². The molecular weight excluding hydrogens is 214 g/mol. The molecule has 0 spiro atoms. The number of aryl methyl sites for hydroxylation is 1. The van der Waals surface area contributed by atoms with Crippen LogP contribution in [0, 0.1) is 12.8 Å². The smallest absolute Gasteiger partial charge is 0.305 e. The van der Waals surface area contributed by atoms with E-state index in [4.69, 9.17) is 5.11 Å². The number of hydrogen-bond donors (Lipinski definition) is 2. The Morgan fingerprint density at radius 3 is 2.67 bits per heavy atom. The third-order valence-corrected chi connectivity index (χ3v) is 2.77. The average molecular weight is 229 g/mol. The summed E-state index contributed by atoms with van der Waals surface area (Å²) in [6.45, 7) is 5.77. The van der Waals surface area contributed by atoms with Gasteiger partial charge in [0, 0.05) is 17.6 Å². The van der Waals surface area contributed by atoms with Gasteiger partial charge in [0.1, 0.15) is 5.82 Å². The second-order valence-corrected chi connectivity index (χ2v) is 4.49. The molecule has 1 atom stereocenters. The molecule has 1 aromatic rings. The lowest BCUT2D eigenvalue weighted by atomic mass is 10.0. The van der Waals surface area contributed by atoms with Crippen LogP contribution in [0.4, 0.5) is 5.13 Å². The van der Waals surface area contributed by atoms with Gasteiger partial charge in [-0.05, 0) is 12.8 Å². The monoisotopic (exact) mass is 229 g/mol. The molecule has 5 nitrogen and oxygen atoms in total. The summed E-state index contributed by atoms with van der Waals surface area (Å²) < 4.78 is 4.03. The van der Waals surface area contributed by atoms with E-state index in [0.29, 0.717) is 11.0 Å². The molecule has 0 aliphatic rings. The van der Waals surface area contributed by atoms with Crippen molar-refractivity contribution in [2.24, 2.45) is 5.92 Å². The van der Waals surface area contributed by atoms with Crippen molar-refractivity contribution < 1.29 is 9.90 Å². The van der Waals surface area contributed by atoms with Crippen molar-refractivity contribution in [1.82, 2.24) is 9.36 Å². The summed E-state index contributed by atoms with van der Waals surface area (Å²) in [5.41, 5.74) is 0. The third-order valence-electron chi connectivity index (χ3n) is 2.04. The van der Waals surface area contributed by atoms with Crippen LogP contribution in [-0.4, -0.2) is 26.5 Å². The first-order chi connectivity index (χ1) is 6.99. The molecule has 1 aromatic heterocycles. The van der Waals surface area contributed by atoms with Gasteiger partial charge in [0.15, 0.2) is 0 Å². The Morgan fingerprint density at radius 2 is 2.27 bits per heavy atom. The van der Waals surface area contributed by atoms with Crippen LogP contribution >= 0.6 is 11.5 Å². The molecule has 84 valence electrons. The van der Waals surface area contributed by atoms with Crippen molar-refractivity contribution in [2.75, 3.05) is 5.32 Å². The number of hydrogen-bond acceptors (Lipinski definition) is 5. The molecule has 1 unspecified atom stereocenters. The summed E-state index contributed by atoms with van der Waals surface area (Å²) in [7, 11) is 0. The van der Waals surface area contributed by atoms with Gasteiger partial charge in [-0.2, -0.15) is 4.37 Å². The lowest BCUT2D eigenvalue weighted by Crippen LogP contribution is -2.28. The van der Waals surface area contributed by atoms with E-state index in [0.717, 1.165) is 0 Å². The van der Waals surface area contributed by atoms with Crippen molar-refractivity contribution >= 4 is 22.6 Å². The Bertz CT molecular complexity index is 338. The van der Waals surface area contributed by atoms with E-state index in [-0.39, 0.29) is 18.4 Å². The maximum atomic E-state index is 10.6. The zero-order valence-corrected chi connectivity index (χ0v) is 9.84. The fourth-order valence-electron chi connectivity index (χ4n) is 1.16. The summed E-state index contributed by atoms with van der Waals surface area (Å²) in [5, 5.41) is 12.5. The minimum atomic E-state index is -0.803. The molecule has 1 rings (SSSR count). The molecule has 1 heterocycles. The molecular formula is C9H15N3O2S. The highest BCUT2D eigenvalue weighted by molar-refractivity contribution is 7.09. The topological polar surface area (TPSA) is 75.1 Å². The number of carboxylic acid groups (broad SMARTS) is 1. The average Bonchev–Trinajstić information content (AvgIpc) is 2.49. The van der Waals surface area contributed by atoms with E-state index < -0.39 is 5.97 Å². The van der Waals surface area contributed by atoms with E-state index in [2.05, 4.69) is 14.7 Å². The largest absolute Gasteiger partial charge is 0.481 e. The number of carbonyl (C=O) groups is 1. The molecule has 2 N–H and O–H groups in total. The van der Waals surface area contributed by atoms with Crippen LogP contribution in [0.15, 0.2) is 0 Å². The zero-order chi connectivity index (χ0) is 11.4. The Balaban J connectivity index is 2.62. The Labute approximate surface area is 92.7 Å². The fraction of sp³-hybridized carbons (Fsp3) is 0.667. The van der Waals surface area contributed by atoms with Crippen molar-refractivity contribution in [3.63, 3.8) is 0 Å². The van der Waals surface area contributed by atoms with Crippen molar-refractivity contribution in [3.05, 3.63) is 5.82 Å². The van der Waals surface area contributed by atoms with Crippen LogP contribution in [0.5, 0.6) is 0 Å². The molecule has 0 saturated heterocycles. The van der Waals surface area contributed by atoms with Crippen molar-refractivity contribution in [3.8, 4) is 0 Å². The maximum absolute atomic E-state index is 10.6. The quantitative estimate of drug-likeness (QED) is 0.804. The number of nitrogens with zero attached hydrogens (tertiary/aromatic N) is 2. The molecule has 0 fully saturated rings. The molecule has 0 aliphatic heterocycles. The molecule has 0 aromatic carbocycles. The normalized spacial score (nSPS) is 12.8. The van der Waals surface area contributed by atoms with E-state index in [1.807, 2.05) is 20.8 Å². The Kier molecular flexibility index (Phi) is 4.02. The number of nitrogens with one attached hydrogen (secondary N) is 1. The van der Waals surface area contributed by atoms with Crippen molar-refractivity contribution in [2.45, 2.75) is 33.2 Å². The minimum Gasteiger partial charge on any atom is -0.481 e. The zero-order valence-electron chi connectivity index (χ0n) is 9.02. The summed E-state index contributed by atoms with van der Waals surface area (Å²) in [6, 6.07) is -0.102. The first kappa shape index (κ1) is 11.9. The van der Waals surface area contributed by atoms with Gasteiger partial charge in [-0.25, -0.2) is 4.98 Å². The van der Waals surface area contributed by atoms with Gasteiger partial charge in [0.2, 0.25) is 5.13 Å². The van der Waals surface area contributed by atoms with E-state index in [1.165, 1.54) is 11.5 Å². The van der Waals surface area contributed by atoms with Gasteiger partial charge in [0.25, 0.3) is 0 Å². The molecule has 0 bridgehead atoms. The van der Waals surface area contributed by atoms with Crippen LogP contribution in [0.1, 0.15) is 26.1 Å². The van der Waals surface area contributed by atoms with E-state index >= 15 is 0 Å². The number of carboxylic acids is 1. The highest BCUT2D eigenvalue weighted by Crippen LogP contribution is 2.16. The number of anilines is 1. The van der Waals surface area contributed by atoms with E-state index in [9.17, 15) is 4.79 Å². The first-order valence-electron chi connectivity index (χ1n) is 4.77. The number of aliphatic carboxylic acids is 1. The second-order valence-electron chi connectivity index (χ2n) is 3.74. The highest BCUT2D eigenvalue weighted by Gasteiger charge is 2.18. The highest BCUT2D eigenvalue weighted by atomic mass is 32.1. The van der Waals surface area contributed by atoms with Gasteiger partial charge < -0.3 is 10.4 Å². The lowest BCUT2D eigenvalue weighted by molar-refractivity contribution is -0.137. The predicted octanol–water partition coefficient (Wildman–Crippen LogP) is 1.76. The van der Waals surface area contributed by atoms with Crippen LogP contribution in [0.2, 0.25) is 0 Å². The van der Waals surface area contributed by atoms with Gasteiger partial charge in [-0.3, -0.25) is 4.79 Å².